The first-order valence-corrected chi connectivity index (χ1v) is 10.7. The third-order valence-electron chi connectivity index (χ3n) is 7.02. The lowest BCUT2D eigenvalue weighted by molar-refractivity contribution is -0.128. The number of aldehydes is 1. The van der Waals surface area contributed by atoms with Crippen LogP contribution in [0.15, 0.2) is 66.7 Å². The van der Waals surface area contributed by atoms with Gasteiger partial charge in [-0.05, 0) is 40.5 Å². The summed E-state index contributed by atoms with van der Waals surface area (Å²) in [6.45, 7) is 0. The van der Waals surface area contributed by atoms with Gasteiger partial charge in [0.15, 0.2) is 0 Å². The van der Waals surface area contributed by atoms with E-state index in [1.807, 2.05) is 48.5 Å². The van der Waals surface area contributed by atoms with Crippen molar-refractivity contribution < 1.29 is 14.4 Å². The zero-order valence-corrected chi connectivity index (χ0v) is 17.6. The molecule has 152 valence electrons. The van der Waals surface area contributed by atoms with Crippen molar-refractivity contribution in [3.05, 3.63) is 99.0 Å². The Labute approximate surface area is 188 Å². The van der Waals surface area contributed by atoms with E-state index in [4.69, 9.17) is 23.2 Å². The first kappa shape index (κ1) is 18.8. The average molecular weight is 448 g/mol. The van der Waals surface area contributed by atoms with E-state index < -0.39 is 23.2 Å². The van der Waals surface area contributed by atoms with Crippen LogP contribution in [0, 0.1) is 11.8 Å². The summed E-state index contributed by atoms with van der Waals surface area (Å²) in [7, 11) is 0. The highest BCUT2D eigenvalue weighted by Crippen LogP contribution is 2.63. The molecule has 31 heavy (non-hydrogen) atoms. The second kappa shape index (κ2) is 6.28. The highest BCUT2D eigenvalue weighted by molar-refractivity contribution is 6.38. The van der Waals surface area contributed by atoms with Gasteiger partial charge in [-0.1, -0.05) is 71.7 Å². The first-order valence-electron chi connectivity index (χ1n) is 9.98. The molecule has 2 amide bonds. The highest BCUT2D eigenvalue weighted by Gasteiger charge is 2.68. The van der Waals surface area contributed by atoms with Crippen molar-refractivity contribution in [2.45, 2.75) is 11.3 Å². The van der Waals surface area contributed by atoms with Crippen LogP contribution in [0.1, 0.15) is 28.2 Å². The van der Waals surface area contributed by atoms with Crippen LogP contribution in [0.2, 0.25) is 10.0 Å². The largest absolute Gasteiger partial charge is 0.302 e. The smallest absolute Gasteiger partial charge is 0.239 e. The van der Waals surface area contributed by atoms with E-state index in [9.17, 15) is 14.4 Å². The zero-order chi connectivity index (χ0) is 21.5. The summed E-state index contributed by atoms with van der Waals surface area (Å²) < 4.78 is 0. The summed E-state index contributed by atoms with van der Waals surface area (Å²) in [5, 5.41) is 0.627. The van der Waals surface area contributed by atoms with Gasteiger partial charge in [-0.15, -0.1) is 0 Å². The van der Waals surface area contributed by atoms with Gasteiger partial charge in [-0.3, -0.25) is 9.59 Å². The fourth-order valence-corrected chi connectivity index (χ4v) is 6.29. The van der Waals surface area contributed by atoms with Crippen LogP contribution >= 0.6 is 23.2 Å². The van der Waals surface area contributed by atoms with Gasteiger partial charge in [0.1, 0.15) is 6.29 Å². The van der Waals surface area contributed by atoms with Gasteiger partial charge in [0, 0.05) is 10.9 Å². The van der Waals surface area contributed by atoms with Gasteiger partial charge < -0.3 is 4.79 Å². The van der Waals surface area contributed by atoms with Crippen molar-refractivity contribution in [1.82, 2.24) is 0 Å². The minimum absolute atomic E-state index is 0.257. The van der Waals surface area contributed by atoms with Crippen LogP contribution in [0.5, 0.6) is 0 Å². The van der Waals surface area contributed by atoms with Gasteiger partial charge in [0.25, 0.3) is 0 Å². The van der Waals surface area contributed by atoms with E-state index >= 15 is 0 Å². The number of anilines is 1. The normalized spacial score (nSPS) is 27.7. The number of carbonyl (C=O) groups excluding carboxylic acids is 3. The molecule has 2 atom stereocenters. The number of imide groups is 1. The molecule has 0 unspecified atom stereocenters. The molecule has 0 radical (unpaired) electrons. The molecule has 3 aliphatic carbocycles. The Balaban J connectivity index is 1.66. The fourth-order valence-electron chi connectivity index (χ4n) is 5.93. The van der Waals surface area contributed by atoms with E-state index in [0.29, 0.717) is 5.02 Å². The lowest BCUT2D eigenvalue weighted by Gasteiger charge is -2.51. The van der Waals surface area contributed by atoms with Crippen LogP contribution in [-0.2, 0) is 19.8 Å². The van der Waals surface area contributed by atoms with E-state index in [2.05, 4.69) is 0 Å². The highest BCUT2D eigenvalue weighted by atomic mass is 35.5. The van der Waals surface area contributed by atoms with E-state index in [1.54, 1.807) is 12.1 Å². The molecule has 1 saturated heterocycles. The maximum absolute atomic E-state index is 13.8. The third kappa shape index (κ3) is 2.14. The van der Waals surface area contributed by atoms with Crippen molar-refractivity contribution in [3.63, 3.8) is 0 Å². The summed E-state index contributed by atoms with van der Waals surface area (Å²) in [5.74, 6) is -2.58. The average Bonchev–Trinajstić information content (AvgIpc) is 3.06. The summed E-state index contributed by atoms with van der Waals surface area (Å²) in [5.41, 5.74) is 2.49. The molecular weight excluding hydrogens is 433 g/mol. The quantitative estimate of drug-likeness (QED) is 0.420. The van der Waals surface area contributed by atoms with Gasteiger partial charge in [-0.25, -0.2) is 4.90 Å². The molecule has 1 heterocycles. The molecule has 4 aliphatic rings. The predicted octanol–water partition coefficient (Wildman–Crippen LogP) is 4.74. The maximum Gasteiger partial charge on any atom is 0.239 e. The van der Waals surface area contributed by atoms with Crippen LogP contribution in [0.25, 0.3) is 0 Å². The van der Waals surface area contributed by atoms with Crippen molar-refractivity contribution in [1.29, 1.82) is 0 Å². The van der Waals surface area contributed by atoms with Gasteiger partial charge in [-0.2, -0.15) is 0 Å². The van der Waals surface area contributed by atoms with Gasteiger partial charge >= 0.3 is 0 Å². The third-order valence-corrected chi connectivity index (χ3v) is 7.57. The molecule has 4 nitrogen and oxygen atoms in total. The Hall–Kier alpha value is -2.95. The van der Waals surface area contributed by atoms with Crippen LogP contribution in [-0.4, -0.2) is 18.1 Å². The number of nitrogens with zero attached hydrogens (tertiary/aromatic N) is 1. The van der Waals surface area contributed by atoms with E-state index in [-0.39, 0.29) is 22.5 Å². The Morgan fingerprint density at radius 3 is 2.06 bits per heavy atom. The molecular formula is C25H15Cl2NO3. The number of hydrogen-bond donors (Lipinski definition) is 0. The van der Waals surface area contributed by atoms with Crippen LogP contribution < -0.4 is 4.90 Å². The molecule has 7 rings (SSSR count). The maximum atomic E-state index is 13.8. The lowest BCUT2D eigenvalue weighted by atomic mass is 9.48. The Morgan fingerprint density at radius 1 is 0.839 bits per heavy atom. The zero-order valence-electron chi connectivity index (χ0n) is 16.1. The number of amides is 2. The summed E-state index contributed by atoms with van der Waals surface area (Å²) in [6.07, 6.45) is 0.853. The standard InChI is InChI=1S/C25H15Cl2NO3/c26-13-9-10-18(27)19(11-13)28-23(30)21-20-14-5-1-3-7-16(14)25(12-29,22(21)24(28)31)17-8-4-2-6-15(17)20/h1-12,20-22H/t20?,21-,22+,25?/m0/s1. The second-order valence-electron chi connectivity index (χ2n) is 8.25. The topological polar surface area (TPSA) is 54.5 Å². The summed E-state index contributed by atoms with van der Waals surface area (Å²) in [4.78, 5) is 41.6. The van der Waals surface area contributed by atoms with Crippen LogP contribution in [0.4, 0.5) is 5.69 Å². The Kier molecular flexibility index (Phi) is 3.81. The number of hydrogen-bond acceptors (Lipinski definition) is 3. The van der Waals surface area contributed by atoms with E-state index in [0.717, 1.165) is 33.4 Å². The second-order valence-corrected chi connectivity index (χ2v) is 9.09. The summed E-state index contributed by atoms with van der Waals surface area (Å²) >= 11 is 12.5. The van der Waals surface area contributed by atoms with Crippen molar-refractivity contribution in [2.75, 3.05) is 4.90 Å². The molecule has 0 N–H and O–H groups in total. The fraction of sp³-hybridized carbons (Fsp3) is 0.160. The minimum atomic E-state index is -1.22. The number of halogens is 2. The molecule has 2 bridgehead atoms. The molecule has 1 aliphatic heterocycles. The lowest BCUT2D eigenvalue weighted by Crippen LogP contribution is -2.54. The predicted molar refractivity (Wildman–Crippen MR) is 118 cm³/mol. The molecule has 0 spiro atoms. The number of carbonyl (C=O) groups is 3. The summed E-state index contributed by atoms with van der Waals surface area (Å²) in [6, 6.07) is 19.9. The SMILES string of the molecule is O=CC12c3ccccc3C(c3ccccc31)[C@@H]1C(=O)N(c3cc(Cl)ccc3Cl)C(=O)[C@@H]12. The van der Waals surface area contributed by atoms with Gasteiger partial charge in [0.2, 0.25) is 11.8 Å². The first-order chi connectivity index (χ1) is 15.0. The Bertz CT molecular complexity index is 1270. The molecule has 1 fully saturated rings. The number of benzene rings is 3. The van der Waals surface area contributed by atoms with Gasteiger partial charge in [0.05, 0.1) is 28.0 Å². The molecule has 6 heteroatoms. The Morgan fingerprint density at radius 2 is 1.45 bits per heavy atom. The van der Waals surface area contributed by atoms with Crippen molar-refractivity contribution in [3.8, 4) is 0 Å². The molecule has 3 aromatic rings. The molecule has 3 aromatic carbocycles. The molecule has 0 saturated carbocycles. The monoisotopic (exact) mass is 447 g/mol. The molecule has 0 aromatic heterocycles. The van der Waals surface area contributed by atoms with Crippen LogP contribution in [0.3, 0.4) is 0 Å². The minimum Gasteiger partial charge on any atom is -0.302 e. The van der Waals surface area contributed by atoms with Crippen molar-refractivity contribution in [2.24, 2.45) is 11.8 Å². The van der Waals surface area contributed by atoms with E-state index in [1.165, 1.54) is 6.07 Å². The van der Waals surface area contributed by atoms with Crippen molar-refractivity contribution >= 4 is 47.0 Å². The number of rotatable bonds is 2.